The van der Waals surface area contributed by atoms with Crippen LogP contribution in [0.25, 0.3) is 17.3 Å². The molecular formula is C22H21N3O5S. The lowest BCUT2D eigenvalue weighted by molar-refractivity contribution is -0.111. The topological polar surface area (TPSA) is 98.8 Å². The average Bonchev–Trinajstić information content (AvgIpc) is 3.19. The maximum Gasteiger partial charge on any atom is 0.413 e. The van der Waals surface area contributed by atoms with E-state index in [2.05, 4.69) is 20.4 Å². The first-order valence-electron chi connectivity index (χ1n) is 9.16. The number of rotatable bonds is 7. The second-order valence-corrected chi connectivity index (χ2v) is 7.12. The Morgan fingerprint density at radius 3 is 2.39 bits per heavy atom. The highest BCUT2D eigenvalue weighted by Gasteiger charge is 2.16. The van der Waals surface area contributed by atoms with Crippen molar-refractivity contribution in [3.63, 3.8) is 0 Å². The van der Waals surface area contributed by atoms with E-state index < -0.39 is 6.09 Å². The van der Waals surface area contributed by atoms with Crippen molar-refractivity contribution >= 4 is 39.5 Å². The van der Waals surface area contributed by atoms with Crippen LogP contribution in [-0.4, -0.2) is 38.3 Å². The fourth-order valence-electron chi connectivity index (χ4n) is 2.67. The Balaban J connectivity index is 1.81. The SMILES string of the molecule is COC(=O)Nc1nc(-c2ccccc2)c(NC(=O)/C=C\c2ccc(OC)c(OC)c2)s1. The summed E-state index contributed by atoms with van der Waals surface area (Å²) in [6.07, 6.45) is 2.43. The van der Waals surface area contributed by atoms with Crippen LogP contribution in [0.15, 0.2) is 54.6 Å². The Hall–Kier alpha value is -3.85. The summed E-state index contributed by atoms with van der Waals surface area (Å²) in [4.78, 5) is 28.5. The van der Waals surface area contributed by atoms with E-state index >= 15 is 0 Å². The molecule has 0 radical (unpaired) electrons. The number of methoxy groups -OCH3 is 3. The molecular weight excluding hydrogens is 418 g/mol. The average molecular weight is 439 g/mol. The van der Waals surface area contributed by atoms with Crippen LogP contribution in [0, 0.1) is 0 Å². The number of amides is 2. The molecule has 1 aromatic heterocycles. The van der Waals surface area contributed by atoms with Gasteiger partial charge in [0.15, 0.2) is 16.6 Å². The third kappa shape index (κ3) is 5.61. The summed E-state index contributed by atoms with van der Waals surface area (Å²) in [5, 5.41) is 6.16. The molecule has 0 bridgehead atoms. The first-order chi connectivity index (χ1) is 15.0. The van der Waals surface area contributed by atoms with Gasteiger partial charge in [0.1, 0.15) is 10.7 Å². The third-order valence-electron chi connectivity index (χ3n) is 4.14. The van der Waals surface area contributed by atoms with Crippen molar-refractivity contribution in [3.05, 3.63) is 60.2 Å². The molecule has 8 nitrogen and oxygen atoms in total. The summed E-state index contributed by atoms with van der Waals surface area (Å²) in [6.45, 7) is 0. The van der Waals surface area contributed by atoms with Crippen molar-refractivity contribution in [1.82, 2.24) is 4.98 Å². The highest BCUT2D eigenvalue weighted by Crippen LogP contribution is 2.36. The van der Waals surface area contributed by atoms with Crippen LogP contribution in [0.5, 0.6) is 11.5 Å². The molecule has 0 spiro atoms. The largest absolute Gasteiger partial charge is 0.493 e. The Bertz CT molecular complexity index is 1100. The lowest BCUT2D eigenvalue weighted by Gasteiger charge is -2.07. The van der Waals surface area contributed by atoms with E-state index in [-0.39, 0.29) is 5.91 Å². The van der Waals surface area contributed by atoms with Gasteiger partial charge in [0.2, 0.25) is 5.91 Å². The van der Waals surface area contributed by atoms with Crippen LogP contribution >= 0.6 is 11.3 Å². The van der Waals surface area contributed by atoms with Crippen LogP contribution in [0.2, 0.25) is 0 Å². The Labute approximate surface area is 183 Å². The molecule has 0 fully saturated rings. The molecule has 0 atom stereocenters. The summed E-state index contributed by atoms with van der Waals surface area (Å²) in [5.41, 5.74) is 2.12. The lowest BCUT2D eigenvalue weighted by Crippen LogP contribution is -2.10. The van der Waals surface area contributed by atoms with Gasteiger partial charge in [0.05, 0.1) is 21.3 Å². The van der Waals surface area contributed by atoms with E-state index in [4.69, 9.17) is 9.47 Å². The minimum atomic E-state index is -0.639. The number of anilines is 2. The van der Waals surface area contributed by atoms with Gasteiger partial charge in [0, 0.05) is 11.6 Å². The molecule has 0 saturated heterocycles. The van der Waals surface area contributed by atoms with Gasteiger partial charge in [-0.2, -0.15) is 0 Å². The van der Waals surface area contributed by atoms with Gasteiger partial charge >= 0.3 is 6.09 Å². The molecule has 0 aliphatic carbocycles. The number of hydrogen-bond acceptors (Lipinski definition) is 7. The van der Waals surface area contributed by atoms with Gasteiger partial charge in [-0.25, -0.2) is 9.78 Å². The smallest absolute Gasteiger partial charge is 0.413 e. The minimum absolute atomic E-state index is 0.310. The van der Waals surface area contributed by atoms with Crippen molar-refractivity contribution in [2.45, 2.75) is 0 Å². The summed E-state index contributed by atoms with van der Waals surface area (Å²) >= 11 is 1.13. The number of carbonyl (C=O) groups is 2. The molecule has 0 saturated carbocycles. The fourth-order valence-corrected chi connectivity index (χ4v) is 3.55. The lowest BCUT2D eigenvalue weighted by atomic mass is 10.1. The van der Waals surface area contributed by atoms with E-state index in [1.165, 1.54) is 13.2 Å². The number of benzene rings is 2. The van der Waals surface area contributed by atoms with Crippen LogP contribution in [0.1, 0.15) is 5.56 Å². The molecule has 3 aromatic rings. The number of nitrogens with zero attached hydrogens (tertiary/aromatic N) is 1. The molecule has 160 valence electrons. The number of aromatic nitrogens is 1. The maximum atomic E-state index is 12.5. The second kappa shape index (κ2) is 10.3. The van der Waals surface area contributed by atoms with Crippen molar-refractivity contribution in [2.24, 2.45) is 0 Å². The Morgan fingerprint density at radius 2 is 1.71 bits per heavy atom. The summed E-state index contributed by atoms with van der Waals surface area (Å²) in [5.74, 6) is 0.824. The Morgan fingerprint density at radius 1 is 0.968 bits per heavy atom. The number of thiazole rings is 1. The van der Waals surface area contributed by atoms with Crippen molar-refractivity contribution in [3.8, 4) is 22.8 Å². The van der Waals surface area contributed by atoms with E-state index in [0.717, 1.165) is 22.5 Å². The maximum absolute atomic E-state index is 12.5. The summed E-state index contributed by atoms with van der Waals surface area (Å²) < 4.78 is 15.1. The normalized spacial score (nSPS) is 10.5. The molecule has 31 heavy (non-hydrogen) atoms. The number of nitrogens with one attached hydrogen (secondary N) is 2. The van der Waals surface area contributed by atoms with Gasteiger partial charge in [0.25, 0.3) is 0 Å². The highest BCUT2D eigenvalue weighted by atomic mass is 32.1. The molecule has 0 aliphatic heterocycles. The summed E-state index contributed by atoms with van der Waals surface area (Å²) in [7, 11) is 4.37. The number of carbonyl (C=O) groups excluding carboxylic acids is 2. The van der Waals surface area contributed by atoms with Gasteiger partial charge in [-0.1, -0.05) is 47.7 Å². The molecule has 9 heteroatoms. The predicted molar refractivity (Wildman–Crippen MR) is 121 cm³/mol. The first-order valence-corrected chi connectivity index (χ1v) is 9.98. The quantitative estimate of drug-likeness (QED) is 0.520. The number of hydrogen-bond donors (Lipinski definition) is 2. The zero-order valence-corrected chi connectivity index (χ0v) is 18.0. The molecule has 2 N–H and O–H groups in total. The van der Waals surface area contributed by atoms with Crippen molar-refractivity contribution < 1.29 is 23.8 Å². The Kier molecular flexibility index (Phi) is 7.23. The van der Waals surface area contributed by atoms with Crippen LogP contribution in [-0.2, 0) is 9.53 Å². The van der Waals surface area contributed by atoms with Crippen molar-refractivity contribution in [2.75, 3.05) is 32.0 Å². The highest BCUT2D eigenvalue weighted by molar-refractivity contribution is 7.20. The van der Waals surface area contributed by atoms with Crippen LogP contribution in [0.3, 0.4) is 0 Å². The fraction of sp³-hybridized carbons (Fsp3) is 0.136. The first kappa shape index (κ1) is 21.8. The minimum Gasteiger partial charge on any atom is -0.493 e. The molecule has 0 aliphatic rings. The van der Waals surface area contributed by atoms with E-state index in [0.29, 0.717) is 27.3 Å². The third-order valence-corrected chi connectivity index (χ3v) is 5.03. The van der Waals surface area contributed by atoms with E-state index in [9.17, 15) is 9.59 Å². The molecule has 2 aromatic carbocycles. The molecule has 1 heterocycles. The monoisotopic (exact) mass is 439 g/mol. The van der Waals surface area contributed by atoms with Gasteiger partial charge in [-0.15, -0.1) is 0 Å². The molecule has 2 amide bonds. The van der Waals surface area contributed by atoms with Crippen molar-refractivity contribution in [1.29, 1.82) is 0 Å². The van der Waals surface area contributed by atoms with Gasteiger partial charge < -0.3 is 19.5 Å². The van der Waals surface area contributed by atoms with Gasteiger partial charge in [-0.3, -0.25) is 10.1 Å². The van der Waals surface area contributed by atoms with E-state index in [1.54, 1.807) is 32.4 Å². The summed E-state index contributed by atoms with van der Waals surface area (Å²) in [6, 6.07) is 14.7. The zero-order chi connectivity index (χ0) is 22.2. The van der Waals surface area contributed by atoms with Crippen LogP contribution < -0.4 is 20.1 Å². The molecule has 0 unspecified atom stereocenters. The zero-order valence-electron chi connectivity index (χ0n) is 17.2. The standard InChI is InChI=1S/C22H21N3O5S/c1-28-16-11-9-14(13-17(16)29-2)10-12-18(26)23-20-19(15-7-5-4-6-8-15)24-21(31-20)25-22(27)30-3/h4-13H,1-3H3,(H,23,26)(H,24,25,27)/b12-10-. The molecule has 3 rings (SSSR count). The predicted octanol–water partition coefficient (Wildman–Crippen LogP) is 4.66. The van der Waals surface area contributed by atoms with Gasteiger partial charge in [-0.05, 0) is 23.8 Å². The van der Waals surface area contributed by atoms with Crippen LogP contribution in [0.4, 0.5) is 14.9 Å². The number of ether oxygens (including phenoxy) is 3. The second-order valence-electron chi connectivity index (χ2n) is 6.12. The van der Waals surface area contributed by atoms with E-state index in [1.807, 2.05) is 36.4 Å².